The van der Waals surface area contributed by atoms with Crippen molar-refractivity contribution < 1.29 is 9.32 Å². The predicted octanol–water partition coefficient (Wildman–Crippen LogP) is 2.93. The standard InChI is InChI=1S/C14H16ClN3O2S/c1-14(2)11(5-6-16-14)17-13(19)8-7-9(20-18-8)10-3-4-12(15)21-10/h3-4,7,11,16H,5-6H2,1-2H3,(H,17,19). The van der Waals surface area contributed by atoms with Crippen LogP contribution in [0.4, 0.5) is 0 Å². The van der Waals surface area contributed by atoms with Crippen molar-refractivity contribution in [2.24, 2.45) is 0 Å². The first-order valence-electron chi connectivity index (χ1n) is 6.74. The number of carbonyl (C=O) groups is 1. The summed E-state index contributed by atoms with van der Waals surface area (Å²) in [6.07, 6.45) is 0.907. The van der Waals surface area contributed by atoms with Crippen LogP contribution >= 0.6 is 22.9 Å². The molecule has 0 radical (unpaired) electrons. The van der Waals surface area contributed by atoms with Gasteiger partial charge in [0.1, 0.15) is 0 Å². The van der Waals surface area contributed by atoms with Crippen molar-refractivity contribution in [2.75, 3.05) is 6.54 Å². The highest BCUT2D eigenvalue weighted by Crippen LogP contribution is 2.31. The average Bonchev–Trinajstić information content (AvgIpc) is 3.10. The van der Waals surface area contributed by atoms with Gasteiger partial charge in [-0.1, -0.05) is 16.8 Å². The Kier molecular flexibility index (Phi) is 3.77. The number of nitrogens with one attached hydrogen (secondary N) is 2. The van der Waals surface area contributed by atoms with Crippen LogP contribution in [0.25, 0.3) is 10.6 Å². The van der Waals surface area contributed by atoms with Crippen molar-refractivity contribution >= 4 is 28.8 Å². The third kappa shape index (κ3) is 2.97. The number of halogens is 1. The van der Waals surface area contributed by atoms with Gasteiger partial charge in [-0.25, -0.2) is 0 Å². The highest BCUT2D eigenvalue weighted by atomic mass is 35.5. The minimum absolute atomic E-state index is 0.0846. The molecule has 7 heteroatoms. The second-order valence-electron chi connectivity index (χ2n) is 5.64. The summed E-state index contributed by atoms with van der Waals surface area (Å²) in [6, 6.07) is 5.36. The molecule has 0 saturated carbocycles. The lowest BCUT2D eigenvalue weighted by molar-refractivity contribution is 0.0914. The van der Waals surface area contributed by atoms with Crippen LogP contribution in [-0.4, -0.2) is 29.2 Å². The van der Waals surface area contributed by atoms with Crippen molar-refractivity contribution in [1.82, 2.24) is 15.8 Å². The molecule has 2 N–H and O–H groups in total. The van der Waals surface area contributed by atoms with Gasteiger partial charge in [0.05, 0.1) is 9.21 Å². The van der Waals surface area contributed by atoms with E-state index >= 15 is 0 Å². The van der Waals surface area contributed by atoms with Crippen molar-refractivity contribution in [3.05, 3.63) is 28.2 Å². The number of hydrogen-bond acceptors (Lipinski definition) is 5. The van der Waals surface area contributed by atoms with Gasteiger partial charge in [-0.05, 0) is 38.9 Å². The molecule has 0 bridgehead atoms. The summed E-state index contributed by atoms with van der Waals surface area (Å²) in [6.45, 7) is 5.05. The molecule has 0 aromatic carbocycles. The molecule has 1 aliphatic heterocycles. The molecule has 112 valence electrons. The maximum atomic E-state index is 12.3. The molecule has 0 spiro atoms. The van der Waals surface area contributed by atoms with Gasteiger partial charge in [-0.2, -0.15) is 0 Å². The first-order chi connectivity index (χ1) is 9.95. The van der Waals surface area contributed by atoms with E-state index in [1.807, 2.05) is 6.07 Å². The molecule has 2 aromatic rings. The van der Waals surface area contributed by atoms with E-state index in [-0.39, 0.29) is 23.2 Å². The Labute approximate surface area is 131 Å². The molecule has 0 aliphatic carbocycles. The molecular formula is C14H16ClN3O2S. The molecule has 3 heterocycles. The maximum Gasteiger partial charge on any atom is 0.273 e. The maximum absolute atomic E-state index is 12.3. The number of thiophene rings is 1. The zero-order chi connectivity index (χ0) is 15.0. The van der Waals surface area contributed by atoms with Crippen molar-refractivity contribution in [3.8, 4) is 10.6 Å². The number of hydrogen-bond donors (Lipinski definition) is 2. The van der Waals surface area contributed by atoms with E-state index in [1.54, 1.807) is 12.1 Å². The van der Waals surface area contributed by atoms with Gasteiger partial charge in [0.2, 0.25) is 0 Å². The number of aromatic nitrogens is 1. The van der Waals surface area contributed by atoms with Gasteiger partial charge in [0, 0.05) is 17.6 Å². The molecule has 1 unspecified atom stereocenters. The van der Waals surface area contributed by atoms with Crippen LogP contribution in [0.15, 0.2) is 22.7 Å². The molecule has 1 amide bonds. The van der Waals surface area contributed by atoms with Gasteiger partial charge >= 0.3 is 0 Å². The molecule has 1 saturated heterocycles. The monoisotopic (exact) mass is 325 g/mol. The Morgan fingerprint density at radius 3 is 3.00 bits per heavy atom. The molecule has 1 atom stereocenters. The lowest BCUT2D eigenvalue weighted by Gasteiger charge is -2.27. The molecule has 1 fully saturated rings. The third-order valence-corrected chi connectivity index (χ3v) is 4.99. The van der Waals surface area contributed by atoms with Crippen molar-refractivity contribution in [2.45, 2.75) is 31.8 Å². The van der Waals surface area contributed by atoms with Crippen LogP contribution in [0.2, 0.25) is 4.34 Å². The smallest absolute Gasteiger partial charge is 0.273 e. The van der Waals surface area contributed by atoms with Crippen LogP contribution < -0.4 is 10.6 Å². The zero-order valence-corrected chi connectivity index (χ0v) is 13.3. The van der Waals surface area contributed by atoms with Gasteiger partial charge in [0.25, 0.3) is 5.91 Å². The Hall–Kier alpha value is -1.37. The molecule has 5 nitrogen and oxygen atoms in total. The second kappa shape index (κ2) is 5.44. The summed E-state index contributed by atoms with van der Waals surface area (Å²) in [4.78, 5) is 13.1. The summed E-state index contributed by atoms with van der Waals surface area (Å²) in [5, 5.41) is 10.2. The fourth-order valence-electron chi connectivity index (χ4n) is 2.45. The lowest BCUT2D eigenvalue weighted by Crippen LogP contribution is -2.50. The number of nitrogens with zero attached hydrogens (tertiary/aromatic N) is 1. The van der Waals surface area contributed by atoms with E-state index in [4.69, 9.17) is 16.1 Å². The highest BCUT2D eigenvalue weighted by Gasteiger charge is 2.35. The van der Waals surface area contributed by atoms with E-state index in [0.29, 0.717) is 10.1 Å². The number of rotatable bonds is 3. The Bertz CT molecular complexity index is 665. The van der Waals surface area contributed by atoms with E-state index in [2.05, 4.69) is 29.6 Å². The quantitative estimate of drug-likeness (QED) is 0.910. The summed E-state index contributed by atoms with van der Waals surface area (Å²) in [5.74, 6) is 0.343. The fraction of sp³-hybridized carbons (Fsp3) is 0.429. The average molecular weight is 326 g/mol. The Morgan fingerprint density at radius 1 is 1.57 bits per heavy atom. The van der Waals surface area contributed by atoms with E-state index in [9.17, 15) is 4.79 Å². The Morgan fingerprint density at radius 2 is 2.38 bits per heavy atom. The van der Waals surface area contributed by atoms with Crippen molar-refractivity contribution in [3.63, 3.8) is 0 Å². The van der Waals surface area contributed by atoms with Crippen molar-refractivity contribution in [1.29, 1.82) is 0 Å². The van der Waals surface area contributed by atoms with Crippen LogP contribution in [0, 0.1) is 0 Å². The summed E-state index contributed by atoms with van der Waals surface area (Å²) in [5.41, 5.74) is 0.181. The largest absolute Gasteiger partial charge is 0.355 e. The van der Waals surface area contributed by atoms with Gasteiger partial charge < -0.3 is 15.2 Å². The van der Waals surface area contributed by atoms with Crippen LogP contribution in [0.5, 0.6) is 0 Å². The molecule has 3 rings (SSSR count). The van der Waals surface area contributed by atoms with Crippen LogP contribution in [-0.2, 0) is 0 Å². The van der Waals surface area contributed by atoms with Gasteiger partial charge in [-0.15, -0.1) is 11.3 Å². The lowest BCUT2D eigenvalue weighted by atomic mass is 9.97. The number of carbonyl (C=O) groups excluding carboxylic acids is 1. The van der Waals surface area contributed by atoms with E-state index in [1.165, 1.54) is 11.3 Å². The van der Waals surface area contributed by atoms with E-state index < -0.39 is 0 Å². The summed E-state index contributed by atoms with van der Waals surface area (Å²) < 4.78 is 5.90. The van der Waals surface area contributed by atoms with Gasteiger partial charge in [0.15, 0.2) is 11.5 Å². The zero-order valence-electron chi connectivity index (χ0n) is 11.8. The first kappa shape index (κ1) is 14.6. The topological polar surface area (TPSA) is 67.2 Å². The predicted molar refractivity (Wildman–Crippen MR) is 82.8 cm³/mol. The van der Waals surface area contributed by atoms with Gasteiger partial charge in [-0.3, -0.25) is 4.79 Å². The van der Waals surface area contributed by atoms with Crippen LogP contribution in [0.1, 0.15) is 30.8 Å². The third-order valence-electron chi connectivity index (χ3n) is 3.75. The molecular weight excluding hydrogens is 310 g/mol. The minimum atomic E-state index is -0.213. The second-order valence-corrected chi connectivity index (χ2v) is 7.36. The summed E-state index contributed by atoms with van der Waals surface area (Å²) >= 11 is 7.28. The minimum Gasteiger partial charge on any atom is -0.355 e. The van der Waals surface area contributed by atoms with Crippen LogP contribution in [0.3, 0.4) is 0 Å². The molecule has 2 aromatic heterocycles. The Balaban J connectivity index is 1.73. The highest BCUT2D eigenvalue weighted by molar-refractivity contribution is 7.19. The van der Waals surface area contributed by atoms with E-state index in [0.717, 1.165) is 17.8 Å². The summed E-state index contributed by atoms with van der Waals surface area (Å²) in [7, 11) is 0. The number of amides is 1. The molecule has 1 aliphatic rings. The first-order valence-corrected chi connectivity index (χ1v) is 7.93. The normalized spacial score (nSPS) is 20.6. The fourth-order valence-corrected chi connectivity index (χ4v) is 3.44. The SMILES string of the molecule is CC1(C)NCCC1NC(=O)c1cc(-c2ccc(Cl)s2)on1. The molecule has 21 heavy (non-hydrogen) atoms.